The lowest BCUT2D eigenvalue weighted by atomic mass is 10.1. The van der Waals surface area contributed by atoms with Crippen LogP contribution in [0, 0.1) is 0 Å². The van der Waals surface area contributed by atoms with E-state index in [0.717, 1.165) is 24.0 Å². The highest BCUT2D eigenvalue weighted by Crippen LogP contribution is 2.27. The standard InChI is InChI=1S/C15H19BrN2O2/c1-20-14-8-10(16)2-5-13(14)15(19)18-7-6-11-3-4-12(9-18)17-11/h2,5,8,11-12,17H,3-4,6-7,9H2,1H3. The summed E-state index contributed by atoms with van der Waals surface area (Å²) >= 11 is 3.41. The van der Waals surface area contributed by atoms with Gasteiger partial charge in [-0.05, 0) is 37.5 Å². The van der Waals surface area contributed by atoms with Crippen molar-refractivity contribution in [2.75, 3.05) is 20.2 Å². The minimum absolute atomic E-state index is 0.0729. The molecule has 108 valence electrons. The maximum Gasteiger partial charge on any atom is 0.257 e. The summed E-state index contributed by atoms with van der Waals surface area (Å²) in [6.45, 7) is 1.63. The second-order valence-electron chi connectivity index (χ2n) is 5.52. The molecule has 2 fully saturated rings. The van der Waals surface area contributed by atoms with Crippen molar-refractivity contribution in [3.63, 3.8) is 0 Å². The first-order valence-corrected chi connectivity index (χ1v) is 7.85. The SMILES string of the molecule is COc1cc(Br)ccc1C(=O)N1CCC2CCC(C1)N2. The van der Waals surface area contributed by atoms with Crippen molar-refractivity contribution in [2.24, 2.45) is 0 Å². The molecule has 0 aromatic heterocycles. The van der Waals surface area contributed by atoms with Gasteiger partial charge in [-0.2, -0.15) is 0 Å². The van der Waals surface area contributed by atoms with Gasteiger partial charge < -0.3 is 15.0 Å². The van der Waals surface area contributed by atoms with Gasteiger partial charge in [0.05, 0.1) is 12.7 Å². The number of methoxy groups -OCH3 is 1. The Morgan fingerprint density at radius 1 is 1.35 bits per heavy atom. The lowest BCUT2D eigenvalue weighted by molar-refractivity contribution is 0.0745. The molecule has 0 saturated carbocycles. The average Bonchev–Trinajstić information content (AvgIpc) is 2.77. The lowest BCUT2D eigenvalue weighted by Crippen LogP contribution is -2.39. The summed E-state index contributed by atoms with van der Waals surface area (Å²) in [4.78, 5) is 14.7. The van der Waals surface area contributed by atoms with Crippen molar-refractivity contribution in [1.82, 2.24) is 10.2 Å². The fraction of sp³-hybridized carbons (Fsp3) is 0.533. The van der Waals surface area contributed by atoms with Crippen molar-refractivity contribution < 1.29 is 9.53 Å². The summed E-state index contributed by atoms with van der Waals surface area (Å²) in [5.74, 6) is 0.704. The minimum atomic E-state index is 0.0729. The van der Waals surface area contributed by atoms with Gasteiger partial charge in [-0.15, -0.1) is 0 Å². The maximum atomic E-state index is 12.7. The number of carbonyl (C=O) groups is 1. The molecule has 2 aliphatic heterocycles. The first-order valence-electron chi connectivity index (χ1n) is 7.06. The number of hydrogen-bond acceptors (Lipinski definition) is 3. The van der Waals surface area contributed by atoms with Crippen LogP contribution < -0.4 is 10.1 Å². The van der Waals surface area contributed by atoms with Crippen LogP contribution in [0.1, 0.15) is 29.6 Å². The number of ether oxygens (including phenoxy) is 1. The van der Waals surface area contributed by atoms with Gasteiger partial charge in [0.15, 0.2) is 0 Å². The van der Waals surface area contributed by atoms with Gasteiger partial charge >= 0.3 is 0 Å². The Hall–Kier alpha value is -1.07. The predicted molar refractivity (Wildman–Crippen MR) is 81.2 cm³/mol. The zero-order valence-corrected chi connectivity index (χ0v) is 13.1. The topological polar surface area (TPSA) is 41.6 Å². The molecule has 5 heteroatoms. The monoisotopic (exact) mass is 338 g/mol. The Labute approximate surface area is 127 Å². The highest BCUT2D eigenvalue weighted by Gasteiger charge is 2.32. The predicted octanol–water partition coefficient (Wildman–Crippen LogP) is 2.42. The van der Waals surface area contributed by atoms with Gasteiger partial charge in [0.1, 0.15) is 5.75 Å². The summed E-state index contributed by atoms with van der Waals surface area (Å²) < 4.78 is 6.26. The summed E-state index contributed by atoms with van der Waals surface area (Å²) in [5, 5.41) is 3.59. The summed E-state index contributed by atoms with van der Waals surface area (Å²) in [6.07, 6.45) is 3.46. The summed E-state index contributed by atoms with van der Waals surface area (Å²) in [5.41, 5.74) is 0.647. The molecule has 0 radical (unpaired) electrons. The minimum Gasteiger partial charge on any atom is -0.496 e. The van der Waals surface area contributed by atoms with Crippen LogP contribution in [0.3, 0.4) is 0 Å². The van der Waals surface area contributed by atoms with E-state index in [1.54, 1.807) is 7.11 Å². The van der Waals surface area contributed by atoms with E-state index in [1.807, 2.05) is 23.1 Å². The molecule has 1 aromatic carbocycles. The number of likely N-dealkylation sites (tertiary alicyclic amines) is 1. The van der Waals surface area contributed by atoms with E-state index in [-0.39, 0.29) is 5.91 Å². The van der Waals surface area contributed by atoms with E-state index in [1.165, 1.54) is 12.8 Å². The van der Waals surface area contributed by atoms with E-state index in [0.29, 0.717) is 23.4 Å². The Morgan fingerprint density at radius 2 is 2.15 bits per heavy atom. The van der Waals surface area contributed by atoms with Gasteiger partial charge in [0.25, 0.3) is 5.91 Å². The molecule has 4 nitrogen and oxygen atoms in total. The van der Waals surface area contributed by atoms with Gasteiger partial charge in [0, 0.05) is 29.6 Å². The number of nitrogens with one attached hydrogen (secondary N) is 1. The third kappa shape index (κ3) is 2.69. The molecule has 2 atom stereocenters. The molecule has 2 saturated heterocycles. The maximum absolute atomic E-state index is 12.7. The fourth-order valence-electron chi connectivity index (χ4n) is 3.14. The van der Waals surface area contributed by atoms with E-state index in [4.69, 9.17) is 4.74 Å². The van der Waals surface area contributed by atoms with Crippen molar-refractivity contribution in [1.29, 1.82) is 0 Å². The third-order valence-corrected chi connectivity index (χ3v) is 4.70. The Morgan fingerprint density at radius 3 is 2.95 bits per heavy atom. The van der Waals surface area contributed by atoms with Crippen molar-refractivity contribution >= 4 is 21.8 Å². The number of nitrogens with zero attached hydrogens (tertiary/aromatic N) is 1. The van der Waals surface area contributed by atoms with Crippen LogP contribution in [0.4, 0.5) is 0 Å². The van der Waals surface area contributed by atoms with Crippen LogP contribution in [0.5, 0.6) is 5.75 Å². The number of amides is 1. The van der Waals surface area contributed by atoms with Crippen LogP contribution in [-0.2, 0) is 0 Å². The van der Waals surface area contributed by atoms with Crippen molar-refractivity contribution in [2.45, 2.75) is 31.3 Å². The molecule has 1 aromatic rings. The van der Waals surface area contributed by atoms with Crippen LogP contribution in [0.25, 0.3) is 0 Å². The molecule has 2 aliphatic rings. The number of halogens is 1. The lowest BCUT2D eigenvalue weighted by Gasteiger charge is -2.25. The van der Waals surface area contributed by atoms with Crippen LogP contribution in [0.15, 0.2) is 22.7 Å². The Bertz CT molecular complexity index is 521. The van der Waals surface area contributed by atoms with E-state index in [2.05, 4.69) is 21.2 Å². The second-order valence-corrected chi connectivity index (χ2v) is 6.44. The molecule has 3 rings (SSSR count). The smallest absolute Gasteiger partial charge is 0.257 e. The normalized spacial score (nSPS) is 25.4. The molecule has 1 N–H and O–H groups in total. The van der Waals surface area contributed by atoms with E-state index in [9.17, 15) is 4.79 Å². The van der Waals surface area contributed by atoms with Gasteiger partial charge in [-0.1, -0.05) is 15.9 Å². The molecule has 2 heterocycles. The summed E-state index contributed by atoms with van der Waals surface area (Å²) in [7, 11) is 1.60. The molecular weight excluding hydrogens is 320 g/mol. The third-order valence-electron chi connectivity index (χ3n) is 4.20. The first kappa shape index (κ1) is 13.9. The number of hydrogen-bond donors (Lipinski definition) is 1. The highest BCUT2D eigenvalue weighted by atomic mass is 79.9. The molecular formula is C15H19BrN2O2. The molecule has 2 unspecified atom stereocenters. The number of carbonyl (C=O) groups excluding carboxylic acids is 1. The van der Waals surface area contributed by atoms with E-state index >= 15 is 0 Å². The zero-order valence-electron chi connectivity index (χ0n) is 11.6. The molecule has 20 heavy (non-hydrogen) atoms. The van der Waals surface area contributed by atoms with Gasteiger partial charge in [0.2, 0.25) is 0 Å². The van der Waals surface area contributed by atoms with Crippen molar-refractivity contribution in [3.8, 4) is 5.75 Å². The quantitative estimate of drug-likeness (QED) is 0.900. The van der Waals surface area contributed by atoms with Gasteiger partial charge in [-0.25, -0.2) is 0 Å². The van der Waals surface area contributed by atoms with Crippen LogP contribution in [0.2, 0.25) is 0 Å². The number of benzene rings is 1. The summed E-state index contributed by atoms with van der Waals surface area (Å²) in [6, 6.07) is 6.60. The number of fused-ring (bicyclic) bond motifs is 2. The molecule has 0 spiro atoms. The van der Waals surface area contributed by atoms with Crippen LogP contribution >= 0.6 is 15.9 Å². The van der Waals surface area contributed by atoms with Gasteiger partial charge in [-0.3, -0.25) is 4.79 Å². The van der Waals surface area contributed by atoms with Crippen LogP contribution in [-0.4, -0.2) is 43.1 Å². The van der Waals surface area contributed by atoms with Crippen molar-refractivity contribution in [3.05, 3.63) is 28.2 Å². The molecule has 0 aliphatic carbocycles. The van der Waals surface area contributed by atoms with E-state index < -0.39 is 0 Å². The average molecular weight is 339 g/mol. The highest BCUT2D eigenvalue weighted by molar-refractivity contribution is 9.10. The number of rotatable bonds is 2. The first-order chi connectivity index (χ1) is 9.67. The second kappa shape index (κ2) is 5.74. The molecule has 1 amide bonds. The fourth-order valence-corrected chi connectivity index (χ4v) is 3.48. The Balaban J connectivity index is 1.81. The zero-order chi connectivity index (χ0) is 14.1. The molecule has 2 bridgehead atoms. The largest absolute Gasteiger partial charge is 0.496 e. The Kier molecular flexibility index (Phi) is 3.98.